The number of aryl methyl sites for hydroxylation is 1. The van der Waals surface area contributed by atoms with Gasteiger partial charge in [0.2, 0.25) is 0 Å². The van der Waals surface area contributed by atoms with E-state index < -0.39 is 0 Å². The van der Waals surface area contributed by atoms with Gasteiger partial charge in [0.15, 0.2) is 0 Å². The molecule has 0 unspecified atom stereocenters. The zero-order chi connectivity index (χ0) is 21.4. The lowest BCUT2D eigenvalue weighted by atomic mass is 9.89. The minimum atomic E-state index is -0.179. The zero-order valence-electron chi connectivity index (χ0n) is 17.1. The maximum Gasteiger partial charge on any atom is 0.293 e. The monoisotopic (exact) mass is 462 g/mol. The quantitative estimate of drug-likeness (QED) is 0.458. The third-order valence-electron chi connectivity index (χ3n) is 5.95. The molecule has 2 fully saturated rings. The number of rotatable bonds is 4. The van der Waals surface area contributed by atoms with E-state index in [2.05, 4.69) is 0 Å². The highest BCUT2D eigenvalue weighted by atomic mass is 35.5. The van der Waals surface area contributed by atoms with Crippen LogP contribution in [0.3, 0.4) is 0 Å². The highest BCUT2D eigenvalue weighted by molar-refractivity contribution is 8.18. The third kappa shape index (κ3) is 4.20. The largest absolute Gasteiger partial charge is 0.316 e. The van der Waals surface area contributed by atoms with E-state index >= 15 is 0 Å². The molecule has 1 saturated carbocycles. The number of thioether (sulfide) groups is 1. The maximum absolute atomic E-state index is 12.9. The van der Waals surface area contributed by atoms with Crippen molar-refractivity contribution in [3.05, 3.63) is 56.2 Å². The number of hydrogen-bond acceptors (Lipinski definition) is 3. The fourth-order valence-electron chi connectivity index (χ4n) is 4.39. The lowest BCUT2D eigenvalue weighted by Gasteiger charge is -2.25. The Morgan fingerprint density at radius 2 is 1.83 bits per heavy atom. The Kier molecular flexibility index (Phi) is 6.33. The minimum Gasteiger partial charge on any atom is -0.316 e. The fourth-order valence-corrected chi connectivity index (χ4v) is 5.60. The Labute approximate surface area is 191 Å². The number of aromatic nitrogens is 1. The first-order valence-electron chi connectivity index (χ1n) is 10.2. The molecule has 30 heavy (non-hydrogen) atoms. The van der Waals surface area contributed by atoms with Gasteiger partial charge in [-0.1, -0.05) is 42.5 Å². The molecule has 7 heteroatoms. The van der Waals surface area contributed by atoms with Gasteiger partial charge in [-0.2, -0.15) is 0 Å². The number of hydrogen-bond donors (Lipinski definition) is 0. The van der Waals surface area contributed by atoms with Crippen molar-refractivity contribution in [3.8, 4) is 5.69 Å². The molecule has 0 radical (unpaired) electrons. The summed E-state index contributed by atoms with van der Waals surface area (Å²) in [5, 5.41) is 1.04. The van der Waals surface area contributed by atoms with Crippen molar-refractivity contribution < 1.29 is 9.59 Å². The van der Waals surface area contributed by atoms with Crippen LogP contribution in [0.2, 0.25) is 10.0 Å². The van der Waals surface area contributed by atoms with Crippen molar-refractivity contribution in [1.82, 2.24) is 9.47 Å². The van der Waals surface area contributed by atoms with Gasteiger partial charge in [0.1, 0.15) is 0 Å². The fraction of sp³-hybridized carbons (Fsp3) is 0.391. The Balaban J connectivity index is 1.61. The zero-order valence-corrected chi connectivity index (χ0v) is 19.4. The van der Waals surface area contributed by atoms with Crippen LogP contribution >= 0.6 is 35.0 Å². The predicted molar refractivity (Wildman–Crippen MR) is 125 cm³/mol. The van der Waals surface area contributed by atoms with Crippen molar-refractivity contribution in [3.63, 3.8) is 0 Å². The molecule has 1 aliphatic carbocycles. The van der Waals surface area contributed by atoms with E-state index in [9.17, 15) is 9.59 Å². The second kappa shape index (κ2) is 8.81. The van der Waals surface area contributed by atoms with Crippen LogP contribution in [0.5, 0.6) is 0 Å². The van der Waals surface area contributed by atoms with Gasteiger partial charge in [-0.15, -0.1) is 0 Å². The molecule has 1 aromatic carbocycles. The molecule has 0 bridgehead atoms. The van der Waals surface area contributed by atoms with Crippen molar-refractivity contribution in [2.75, 3.05) is 6.54 Å². The summed E-state index contributed by atoms with van der Waals surface area (Å²) in [5.41, 5.74) is 3.61. The molecule has 2 amide bonds. The van der Waals surface area contributed by atoms with E-state index in [-0.39, 0.29) is 11.1 Å². The number of carbonyl (C=O) groups is 2. The van der Waals surface area contributed by atoms with E-state index in [0.717, 1.165) is 47.2 Å². The standard InChI is InChI=1S/C23H24Cl2N2O2S/c1-14-10-17(15(2)27(14)20-12-18(24)8-9-19(20)25)11-21-22(28)26(23(29)30-21)13-16-6-4-3-5-7-16/h8-12,16H,3-7,13H2,1-2H3/b21-11+. The molecule has 2 heterocycles. The van der Waals surface area contributed by atoms with E-state index in [1.54, 1.807) is 12.1 Å². The van der Waals surface area contributed by atoms with Crippen LogP contribution in [0.15, 0.2) is 29.2 Å². The first-order valence-corrected chi connectivity index (χ1v) is 11.8. The SMILES string of the molecule is Cc1cc(/C=C2/SC(=O)N(CC3CCCCC3)C2=O)c(C)n1-c1cc(Cl)ccc1Cl. The van der Waals surface area contributed by atoms with Crippen LogP contribution in [0.25, 0.3) is 11.8 Å². The Morgan fingerprint density at radius 1 is 1.10 bits per heavy atom. The summed E-state index contributed by atoms with van der Waals surface area (Å²) < 4.78 is 2.02. The number of amides is 2. The van der Waals surface area contributed by atoms with Gasteiger partial charge >= 0.3 is 0 Å². The summed E-state index contributed by atoms with van der Waals surface area (Å²) in [7, 11) is 0. The normalized spacial score (nSPS) is 19.3. The van der Waals surface area contributed by atoms with E-state index in [0.29, 0.717) is 27.4 Å². The Hall–Kier alpha value is -1.69. The summed E-state index contributed by atoms with van der Waals surface area (Å²) in [6.45, 7) is 4.50. The summed E-state index contributed by atoms with van der Waals surface area (Å²) >= 11 is 13.6. The topological polar surface area (TPSA) is 42.3 Å². The molecule has 2 aromatic rings. The molecule has 0 N–H and O–H groups in total. The molecule has 0 spiro atoms. The average molecular weight is 463 g/mol. The molecular formula is C23H24Cl2N2O2S. The van der Waals surface area contributed by atoms with E-state index in [1.165, 1.54) is 24.2 Å². The predicted octanol–water partition coefficient (Wildman–Crippen LogP) is 7.02. The van der Waals surface area contributed by atoms with Crippen molar-refractivity contribution in [2.24, 2.45) is 5.92 Å². The molecule has 4 nitrogen and oxygen atoms in total. The summed E-state index contributed by atoms with van der Waals surface area (Å²) in [4.78, 5) is 27.4. The number of carbonyl (C=O) groups excluding carboxylic acids is 2. The lowest BCUT2D eigenvalue weighted by molar-refractivity contribution is -0.123. The Bertz CT molecular complexity index is 1040. The molecule has 2 aliphatic rings. The molecule has 0 atom stereocenters. The van der Waals surface area contributed by atoms with Crippen molar-refractivity contribution in [2.45, 2.75) is 46.0 Å². The van der Waals surface area contributed by atoms with Crippen molar-refractivity contribution >= 4 is 52.2 Å². The number of imide groups is 1. The van der Waals surface area contributed by atoms with Gasteiger partial charge in [-0.25, -0.2) is 0 Å². The van der Waals surface area contributed by atoms with Crippen LogP contribution in [0.1, 0.15) is 49.1 Å². The number of nitrogens with zero attached hydrogens (tertiary/aromatic N) is 2. The first kappa shape index (κ1) is 21.5. The van der Waals surface area contributed by atoms with Crippen molar-refractivity contribution in [1.29, 1.82) is 0 Å². The summed E-state index contributed by atoms with van der Waals surface area (Å²) in [5.74, 6) is 0.253. The van der Waals surface area contributed by atoms with E-state index in [4.69, 9.17) is 23.2 Å². The van der Waals surface area contributed by atoms with Gasteiger partial charge in [0.25, 0.3) is 11.1 Å². The van der Waals surface area contributed by atoms with Crippen LogP contribution in [-0.4, -0.2) is 27.2 Å². The van der Waals surface area contributed by atoms with Crippen LogP contribution in [0.4, 0.5) is 4.79 Å². The molecule has 158 valence electrons. The van der Waals surface area contributed by atoms with Gasteiger partial charge in [0.05, 0.1) is 15.6 Å². The number of benzene rings is 1. The second-order valence-corrected chi connectivity index (χ2v) is 9.89. The molecule has 1 aromatic heterocycles. The van der Waals surface area contributed by atoms with Crippen LogP contribution in [-0.2, 0) is 4.79 Å². The Morgan fingerprint density at radius 3 is 2.57 bits per heavy atom. The van der Waals surface area contributed by atoms with Gasteiger partial charge in [-0.05, 0) is 80.3 Å². The average Bonchev–Trinajstić information content (AvgIpc) is 3.14. The highest BCUT2D eigenvalue weighted by Crippen LogP contribution is 2.36. The first-order chi connectivity index (χ1) is 14.3. The number of halogens is 2. The minimum absolute atomic E-state index is 0.163. The summed E-state index contributed by atoms with van der Waals surface area (Å²) in [6.07, 6.45) is 7.65. The smallest absolute Gasteiger partial charge is 0.293 e. The molecule has 1 aliphatic heterocycles. The molecular weight excluding hydrogens is 439 g/mol. The molecule has 4 rings (SSSR count). The van der Waals surface area contributed by atoms with Crippen LogP contribution < -0.4 is 0 Å². The van der Waals surface area contributed by atoms with Gasteiger partial charge < -0.3 is 4.57 Å². The molecule has 1 saturated heterocycles. The lowest BCUT2D eigenvalue weighted by Crippen LogP contribution is -2.34. The maximum atomic E-state index is 12.9. The summed E-state index contributed by atoms with van der Waals surface area (Å²) in [6, 6.07) is 7.35. The van der Waals surface area contributed by atoms with Crippen LogP contribution in [0, 0.1) is 19.8 Å². The van der Waals surface area contributed by atoms with E-state index in [1.807, 2.05) is 36.6 Å². The van der Waals surface area contributed by atoms with Gasteiger partial charge in [-0.3, -0.25) is 14.5 Å². The third-order valence-corrected chi connectivity index (χ3v) is 7.41. The highest BCUT2D eigenvalue weighted by Gasteiger charge is 2.36. The second-order valence-electron chi connectivity index (χ2n) is 8.05. The van der Waals surface area contributed by atoms with Gasteiger partial charge in [0, 0.05) is 23.0 Å².